The highest BCUT2D eigenvalue weighted by Crippen LogP contribution is 2.21. The maximum absolute atomic E-state index is 13.9. The number of halogens is 1. The van der Waals surface area contributed by atoms with E-state index in [-0.39, 0.29) is 30.0 Å². The lowest BCUT2D eigenvalue weighted by Gasteiger charge is -2.23. The van der Waals surface area contributed by atoms with E-state index in [1.165, 1.54) is 12.1 Å². The number of hydrogen-bond donors (Lipinski definition) is 3. The number of nitrogens with one attached hydrogen (secondary N) is 2. The van der Waals surface area contributed by atoms with E-state index in [1.807, 2.05) is 6.92 Å². The van der Waals surface area contributed by atoms with Crippen LogP contribution in [0.1, 0.15) is 37.8 Å². The largest absolute Gasteiger partial charge is 0.376 e. The Balaban J connectivity index is 2.01. The normalized spacial score (nSPS) is 19.8. The average Bonchev–Trinajstić information content (AvgIpc) is 3.00. The van der Waals surface area contributed by atoms with Gasteiger partial charge in [0.2, 0.25) is 5.91 Å². The van der Waals surface area contributed by atoms with Gasteiger partial charge < -0.3 is 21.1 Å². The molecule has 7 heteroatoms. The number of urea groups is 1. The first-order chi connectivity index (χ1) is 11.0. The van der Waals surface area contributed by atoms with Gasteiger partial charge in [0.15, 0.2) is 0 Å². The Kier molecular flexibility index (Phi) is 5.92. The minimum absolute atomic E-state index is 0.00467. The summed E-state index contributed by atoms with van der Waals surface area (Å²) >= 11 is 0. The zero-order valence-electron chi connectivity index (χ0n) is 13.0. The molecule has 3 amide bonds. The molecule has 1 fully saturated rings. The van der Waals surface area contributed by atoms with E-state index in [4.69, 9.17) is 10.5 Å². The third-order valence-corrected chi connectivity index (χ3v) is 3.90. The van der Waals surface area contributed by atoms with Gasteiger partial charge in [-0.05, 0) is 25.8 Å². The van der Waals surface area contributed by atoms with Crippen molar-refractivity contribution in [3.8, 4) is 0 Å². The number of primary amides is 1. The molecule has 1 aliphatic rings. The van der Waals surface area contributed by atoms with Crippen LogP contribution in [0.5, 0.6) is 0 Å². The average molecular weight is 323 g/mol. The fourth-order valence-electron chi connectivity index (χ4n) is 2.76. The van der Waals surface area contributed by atoms with Crippen LogP contribution >= 0.6 is 0 Å². The summed E-state index contributed by atoms with van der Waals surface area (Å²) in [7, 11) is 0. The van der Waals surface area contributed by atoms with Gasteiger partial charge in [0, 0.05) is 12.2 Å². The Morgan fingerprint density at radius 1 is 1.39 bits per heavy atom. The Bertz CT molecular complexity index is 561. The van der Waals surface area contributed by atoms with Gasteiger partial charge in [-0.2, -0.15) is 0 Å². The third kappa shape index (κ3) is 4.92. The van der Waals surface area contributed by atoms with Crippen LogP contribution in [-0.4, -0.2) is 30.7 Å². The van der Waals surface area contributed by atoms with E-state index in [0.29, 0.717) is 6.61 Å². The summed E-state index contributed by atoms with van der Waals surface area (Å²) < 4.78 is 19.4. The molecule has 0 aromatic heterocycles. The summed E-state index contributed by atoms with van der Waals surface area (Å²) in [4.78, 5) is 23.3. The van der Waals surface area contributed by atoms with Crippen molar-refractivity contribution in [1.29, 1.82) is 0 Å². The molecule has 1 saturated heterocycles. The minimum atomic E-state index is -0.814. The Hall–Kier alpha value is -2.15. The summed E-state index contributed by atoms with van der Waals surface area (Å²) in [6.07, 6.45) is 1.78. The van der Waals surface area contributed by atoms with Crippen molar-refractivity contribution in [2.75, 3.05) is 6.61 Å². The number of rotatable bonds is 6. The summed E-state index contributed by atoms with van der Waals surface area (Å²) in [5.74, 6) is -0.791. The van der Waals surface area contributed by atoms with Gasteiger partial charge in [-0.15, -0.1) is 0 Å². The molecule has 126 valence electrons. The molecule has 1 aliphatic heterocycles. The SMILES string of the molecule is C[C@H](NC(=O)C[C@@H](NC(N)=O)c1ccccc1F)[C@@H]1CCCO1. The van der Waals surface area contributed by atoms with Gasteiger partial charge in [0.1, 0.15) is 5.82 Å². The Morgan fingerprint density at radius 2 is 2.13 bits per heavy atom. The molecule has 1 heterocycles. The molecule has 1 aromatic carbocycles. The molecular weight excluding hydrogens is 301 g/mol. The first kappa shape index (κ1) is 17.2. The molecule has 4 N–H and O–H groups in total. The second-order valence-corrected chi connectivity index (χ2v) is 5.69. The minimum Gasteiger partial charge on any atom is -0.376 e. The van der Waals surface area contributed by atoms with Crippen LogP contribution in [0.3, 0.4) is 0 Å². The molecule has 0 spiro atoms. The van der Waals surface area contributed by atoms with Gasteiger partial charge in [-0.25, -0.2) is 9.18 Å². The van der Waals surface area contributed by atoms with Crippen molar-refractivity contribution in [2.45, 2.75) is 44.4 Å². The molecule has 0 bridgehead atoms. The number of carbonyl (C=O) groups excluding carboxylic acids is 2. The van der Waals surface area contributed by atoms with Crippen molar-refractivity contribution in [1.82, 2.24) is 10.6 Å². The molecule has 6 nitrogen and oxygen atoms in total. The predicted octanol–water partition coefficient (Wildman–Crippen LogP) is 1.61. The summed E-state index contributed by atoms with van der Waals surface area (Å²) in [6.45, 7) is 2.57. The lowest BCUT2D eigenvalue weighted by molar-refractivity contribution is -0.123. The van der Waals surface area contributed by atoms with Crippen LogP contribution in [-0.2, 0) is 9.53 Å². The molecular formula is C16H22FN3O3. The molecule has 0 saturated carbocycles. The zero-order valence-corrected chi connectivity index (χ0v) is 13.0. The van der Waals surface area contributed by atoms with E-state index < -0.39 is 17.9 Å². The van der Waals surface area contributed by atoms with Gasteiger partial charge >= 0.3 is 6.03 Å². The van der Waals surface area contributed by atoms with Crippen molar-refractivity contribution in [2.24, 2.45) is 5.73 Å². The summed E-state index contributed by atoms with van der Waals surface area (Å²) in [5.41, 5.74) is 5.36. The van der Waals surface area contributed by atoms with Crippen molar-refractivity contribution in [3.05, 3.63) is 35.6 Å². The third-order valence-electron chi connectivity index (χ3n) is 3.90. The number of hydrogen-bond acceptors (Lipinski definition) is 3. The van der Waals surface area contributed by atoms with Crippen molar-refractivity contribution in [3.63, 3.8) is 0 Å². The Morgan fingerprint density at radius 3 is 2.74 bits per heavy atom. The van der Waals surface area contributed by atoms with Crippen LogP contribution in [0.4, 0.5) is 9.18 Å². The van der Waals surface area contributed by atoms with E-state index in [9.17, 15) is 14.0 Å². The highest BCUT2D eigenvalue weighted by Gasteiger charge is 2.26. The number of amides is 3. The fraction of sp³-hybridized carbons (Fsp3) is 0.500. The van der Waals surface area contributed by atoms with Gasteiger partial charge in [-0.1, -0.05) is 18.2 Å². The highest BCUT2D eigenvalue weighted by atomic mass is 19.1. The smallest absolute Gasteiger partial charge is 0.312 e. The van der Waals surface area contributed by atoms with Crippen LogP contribution < -0.4 is 16.4 Å². The van der Waals surface area contributed by atoms with E-state index in [1.54, 1.807) is 12.1 Å². The maximum Gasteiger partial charge on any atom is 0.312 e. The van der Waals surface area contributed by atoms with Crippen LogP contribution in [0.25, 0.3) is 0 Å². The van der Waals surface area contributed by atoms with Crippen LogP contribution in [0.2, 0.25) is 0 Å². The zero-order chi connectivity index (χ0) is 16.8. The molecule has 0 aliphatic carbocycles. The van der Waals surface area contributed by atoms with E-state index in [0.717, 1.165) is 12.8 Å². The van der Waals surface area contributed by atoms with Crippen LogP contribution in [0.15, 0.2) is 24.3 Å². The first-order valence-electron chi connectivity index (χ1n) is 7.68. The number of nitrogens with two attached hydrogens (primary N) is 1. The van der Waals surface area contributed by atoms with E-state index in [2.05, 4.69) is 10.6 Å². The first-order valence-corrected chi connectivity index (χ1v) is 7.68. The number of benzene rings is 1. The molecule has 1 aromatic rings. The van der Waals surface area contributed by atoms with Crippen molar-refractivity contribution >= 4 is 11.9 Å². The highest BCUT2D eigenvalue weighted by molar-refractivity contribution is 5.79. The number of ether oxygens (including phenoxy) is 1. The van der Waals surface area contributed by atoms with E-state index >= 15 is 0 Å². The summed E-state index contributed by atoms with van der Waals surface area (Å²) in [5, 5.41) is 5.25. The van der Waals surface area contributed by atoms with Crippen LogP contribution in [0, 0.1) is 5.82 Å². The monoisotopic (exact) mass is 323 g/mol. The van der Waals surface area contributed by atoms with Crippen molar-refractivity contribution < 1.29 is 18.7 Å². The standard InChI is InChI=1S/C16H22FN3O3/c1-10(14-7-4-8-23-14)19-15(21)9-13(20-16(18)22)11-5-2-3-6-12(11)17/h2-3,5-6,10,13-14H,4,7-9H2,1H3,(H,19,21)(H3,18,20,22)/t10-,13+,14-/m0/s1. The van der Waals surface area contributed by atoms with Gasteiger partial charge in [0.25, 0.3) is 0 Å². The summed E-state index contributed by atoms with van der Waals surface area (Å²) in [6, 6.07) is 4.22. The maximum atomic E-state index is 13.9. The second-order valence-electron chi connectivity index (χ2n) is 5.69. The van der Waals surface area contributed by atoms with Gasteiger partial charge in [0.05, 0.1) is 24.6 Å². The quantitative estimate of drug-likeness (QED) is 0.742. The lowest BCUT2D eigenvalue weighted by atomic mass is 10.0. The predicted molar refractivity (Wildman–Crippen MR) is 83.1 cm³/mol. The topological polar surface area (TPSA) is 93.5 Å². The Labute approximate surface area is 134 Å². The molecule has 23 heavy (non-hydrogen) atoms. The number of carbonyl (C=O) groups is 2. The fourth-order valence-corrected chi connectivity index (χ4v) is 2.76. The second kappa shape index (κ2) is 7.92. The molecule has 2 rings (SSSR count). The van der Waals surface area contributed by atoms with Gasteiger partial charge in [-0.3, -0.25) is 4.79 Å². The molecule has 0 unspecified atom stereocenters. The molecule has 0 radical (unpaired) electrons. The molecule has 3 atom stereocenters. The lowest BCUT2D eigenvalue weighted by Crippen LogP contribution is -2.43.